The predicted octanol–water partition coefficient (Wildman–Crippen LogP) is 5.10. The van der Waals surface area contributed by atoms with Gasteiger partial charge >= 0.3 is 5.97 Å². The Morgan fingerprint density at radius 2 is 1.33 bits per heavy atom. The molecule has 0 saturated heterocycles. The molecule has 27 heavy (non-hydrogen) atoms. The van der Waals surface area contributed by atoms with E-state index in [2.05, 4.69) is 4.74 Å². The molecule has 0 amide bonds. The van der Waals surface area contributed by atoms with Crippen LogP contribution in [0.2, 0.25) is 0 Å². The van der Waals surface area contributed by atoms with E-state index in [0.717, 1.165) is 0 Å². The second kappa shape index (κ2) is 7.94. The lowest BCUT2D eigenvalue weighted by molar-refractivity contribution is -0.134. The van der Waals surface area contributed by atoms with Crippen molar-refractivity contribution in [3.8, 4) is 11.5 Å². The molecule has 2 aromatic rings. The smallest absolute Gasteiger partial charge is 0.311 e. The van der Waals surface area contributed by atoms with E-state index < -0.39 is 40.8 Å². The zero-order valence-electron chi connectivity index (χ0n) is 14.8. The maximum atomic E-state index is 13.5. The maximum absolute atomic E-state index is 13.5. The van der Waals surface area contributed by atoms with Crippen LogP contribution < -0.4 is 9.47 Å². The first-order valence-electron chi connectivity index (χ1n) is 7.99. The Balaban J connectivity index is 2.01. The number of hydrogen-bond donors (Lipinski definition) is 0. The SMILES string of the molecule is CC(C)(C)Oc1ccc(CCC(=O)Oc2c(F)c(F)c(F)c(F)c2F)cc1. The van der Waals surface area contributed by atoms with E-state index in [-0.39, 0.29) is 18.4 Å². The van der Waals surface area contributed by atoms with Crippen LogP contribution in [0.3, 0.4) is 0 Å². The number of hydrogen-bond acceptors (Lipinski definition) is 3. The van der Waals surface area contributed by atoms with E-state index in [1.165, 1.54) is 0 Å². The highest BCUT2D eigenvalue weighted by atomic mass is 19.2. The summed E-state index contributed by atoms with van der Waals surface area (Å²) in [6, 6.07) is 6.76. The van der Waals surface area contributed by atoms with Crippen molar-refractivity contribution >= 4 is 5.97 Å². The number of carbonyl (C=O) groups excluding carboxylic acids is 1. The minimum absolute atomic E-state index is 0.143. The van der Waals surface area contributed by atoms with E-state index >= 15 is 0 Å². The van der Waals surface area contributed by atoms with Gasteiger partial charge in [-0.05, 0) is 44.9 Å². The van der Waals surface area contributed by atoms with Crippen molar-refractivity contribution in [3.05, 3.63) is 58.9 Å². The molecule has 0 atom stereocenters. The third kappa shape index (κ3) is 5.18. The van der Waals surface area contributed by atoms with Gasteiger partial charge in [0.05, 0.1) is 0 Å². The van der Waals surface area contributed by atoms with Gasteiger partial charge in [0.15, 0.2) is 0 Å². The lowest BCUT2D eigenvalue weighted by Gasteiger charge is -2.21. The zero-order valence-corrected chi connectivity index (χ0v) is 14.8. The first kappa shape index (κ1) is 20.7. The van der Waals surface area contributed by atoms with Crippen LogP contribution in [-0.2, 0) is 11.2 Å². The molecule has 2 rings (SSSR count). The van der Waals surface area contributed by atoms with E-state index in [9.17, 15) is 26.7 Å². The third-order valence-corrected chi connectivity index (χ3v) is 3.35. The van der Waals surface area contributed by atoms with Gasteiger partial charge in [0.1, 0.15) is 11.4 Å². The Kier molecular flexibility index (Phi) is 6.08. The number of esters is 1. The molecule has 0 N–H and O–H groups in total. The summed E-state index contributed by atoms with van der Waals surface area (Å²) in [5.41, 5.74) is 0.324. The fraction of sp³-hybridized carbons (Fsp3) is 0.316. The summed E-state index contributed by atoms with van der Waals surface area (Å²) >= 11 is 0. The van der Waals surface area contributed by atoms with Gasteiger partial charge in [0.25, 0.3) is 0 Å². The molecule has 0 saturated carbocycles. The van der Waals surface area contributed by atoms with Crippen molar-refractivity contribution in [2.45, 2.75) is 39.2 Å². The molecule has 0 unspecified atom stereocenters. The number of rotatable bonds is 5. The molecule has 0 aliphatic rings. The Bertz CT molecular complexity index is 813. The van der Waals surface area contributed by atoms with Crippen molar-refractivity contribution < 1.29 is 36.2 Å². The number of benzene rings is 2. The molecular weight excluding hydrogens is 371 g/mol. The van der Waals surface area contributed by atoms with E-state index in [4.69, 9.17) is 4.74 Å². The highest BCUT2D eigenvalue weighted by molar-refractivity contribution is 5.72. The van der Waals surface area contributed by atoms with Crippen molar-refractivity contribution in [3.63, 3.8) is 0 Å². The van der Waals surface area contributed by atoms with Crippen molar-refractivity contribution in [1.82, 2.24) is 0 Å². The Labute approximate surface area is 152 Å². The lowest BCUT2D eigenvalue weighted by atomic mass is 10.1. The van der Waals surface area contributed by atoms with Crippen LogP contribution in [0.25, 0.3) is 0 Å². The summed E-state index contributed by atoms with van der Waals surface area (Å²) in [6.07, 6.45) is -0.178. The first-order valence-corrected chi connectivity index (χ1v) is 7.99. The average molecular weight is 388 g/mol. The molecule has 8 heteroatoms. The molecule has 0 fully saturated rings. The lowest BCUT2D eigenvalue weighted by Crippen LogP contribution is -2.22. The maximum Gasteiger partial charge on any atom is 0.311 e. The van der Waals surface area contributed by atoms with Gasteiger partial charge in [-0.2, -0.15) is 8.78 Å². The third-order valence-electron chi connectivity index (χ3n) is 3.35. The number of aryl methyl sites for hydroxylation is 1. The first-order chi connectivity index (χ1) is 12.5. The normalized spacial score (nSPS) is 11.4. The monoisotopic (exact) mass is 388 g/mol. The summed E-state index contributed by atoms with van der Waals surface area (Å²) in [7, 11) is 0. The predicted molar refractivity (Wildman–Crippen MR) is 87.0 cm³/mol. The topological polar surface area (TPSA) is 35.5 Å². The quantitative estimate of drug-likeness (QED) is 0.235. The number of carbonyl (C=O) groups is 1. The van der Waals surface area contributed by atoms with Gasteiger partial charge in [0, 0.05) is 6.42 Å². The fourth-order valence-corrected chi connectivity index (χ4v) is 2.16. The van der Waals surface area contributed by atoms with Gasteiger partial charge < -0.3 is 9.47 Å². The Hall–Kier alpha value is -2.64. The molecule has 3 nitrogen and oxygen atoms in total. The highest BCUT2D eigenvalue weighted by Crippen LogP contribution is 2.29. The molecule has 0 aromatic heterocycles. The van der Waals surface area contributed by atoms with Crippen molar-refractivity contribution in [2.24, 2.45) is 0 Å². The average Bonchev–Trinajstić information content (AvgIpc) is 2.60. The largest absolute Gasteiger partial charge is 0.488 e. The minimum Gasteiger partial charge on any atom is -0.488 e. The second-order valence-electron chi connectivity index (χ2n) is 6.73. The van der Waals surface area contributed by atoms with E-state index in [0.29, 0.717) is 11.3 Å². The fourth-order valence-electron chi connectivity index (χ4n) is 2.16. The molecule has 146 valence electrons. The molecule has 0 heterocycles. The second-order valence-corrected chi connectivity index (χ2v) is 6.73. The van der Waals surface area contributed by atoms with Crippen LogP contribution >= 0.6 is 0 Å². The minimum atomic E-state index is -2.32. The summed E-state index contributed by atoms with van der Waals surface area (Å²) in [6.45, 7) is 5.66. The zero-order chi connectivity index (χ0) is 20.4. The van der Waals surface area contributed by atoms with Crippen molar-refractivity contribution in [1.29, 1.82) is 0 Å². The van der Waals surface area contributed by atoms with Crippen LogP contribution in [-0.4, -0.2) is 11.6 Å². The van der Waals surface area contributed by atoms with Crippen molar-refractivity contribution in [2.75, 3.05) is 0 Å². The molecule has 0 spiro atoms. The van der Waals surface area contributed by atoms with E-state index in [1.54, 1.807) is 24.3 Å². The Morgan fingerprint density at radius 1 is 0.852 bits per heavy atom. The van der Waals surface area contributed by atoms with E-state index in [1.807, 2.05) is 20.8 Å². The molecule has 2 aromatic carbocycles. The Morgan fingerprint density at radius 3 is 1.81 bits per heavy atom. The molecule has 0 aliphatic carbocycles. The van der Waals surface area contributed by atoms with Gasteiger partial charge in [-0.25, -0.2) is 13.2 Å². The van der Waals surface area contributed by atoms with Gasteiger partial charge in [-0.15, -0.1) is 0 Å². The summed E-state index contributed by atoms with van der Waals surface area (Å²) in [4.78, 5) is 11.7. The van der Waals surface area contributed by atoms with Crippen LogP contribution in [0.15, 0.2) is 24.3 Å². The van der Waals surface area contributed by atoms with Crippen LogP contribution in [0.4, 0.5) is 22.0 Å². The molecule has 0 aliphatic heterocycles. The van der Waals surface area contributed by atoms with Gasteiger partial charge in [0.2, 0.25) is 34.8 Å². The van der Waals surface area contributed by atoms with Crippen LogP contribution in [0.1, 0.15) is 32.8 Å². The standard InChI is InChI=1S/C19H17F5O3/c1-19(2,3)27-11-7-4-10(5-8-11)6-9-12(25)26-18-16(23)14(21)13(20)15(22)17(18)24/h4-5,7-8H,6,9H2,1-3H3. The summed E-state index contributed by atoms with van der Waals surface area (Å²) < 4.78 is 76.1. The molecule has 0 radical (unpaired) electrons. The molecular formula is C19H17F5O3. The van der Waals surface area contributed by atoms with Crippen LogP contribution in [0.5, 0.6) is 11.5 Å². The number of halogens is 5. The summed E-state index contributed by atoms with van der Waals surface area (Å²) in [5, 5.41) is 0. The van der Waals surface area contributed by atoms with Gasteiger partial charge in [-0.3, -0.25) is 4.79 Å². The van der Waals surface area contributed by atoms with Gasteiger partial charge in [-0.1, -0.05) is 12.1 Å². The molecule has 0 bridgehead atoms. The highest BCUT2D eigenvalue weighted by Gasteiger charge is 2.28. The van der Waals surface area contributed by atoms with Crippen LogP contribution in [0, 0.1) is 29.1 Å². The number of ether oxygens (including phenoxy) is 2. The summed E-state index contributed by atoms with van der Waals surface area (Å²) in [5.74, 6) is -13.2.